The van der Waals surface area contributed by atoms with Gasteiger partial charge in [-0.25, -0.2) is 0 Å². The van der Waals surface area contributed by atoms with E-state index in [1.54, 1.807) is 30.3 Å². The maximum absolute atomic E-state index is 13.3. The molecule has 168 valence electrons. The van der Waals surface area contributed by atoms with Gasteiger partial charge < -0.3 is 9.30 Å². The molecular formula is C25H22ClN3O3S. The van der Waals surface area contributed by atoms with Gasteiger partial charge >= 0.3 is 0 Å². The van der Waals surface area contributed by atoms with E-state index < -0.39 is 11.8 Å². The molecule has 0 atom stereocenters. The SMILES string of the molecule is CCOc1ccc(-n2c(C)cc(/C=C3\C(=O)NC(=S)N(c4ccccc4Cl)C3=O)c2C)cc1. The normalized spacial score (nSPS) is 15.2. The fraction of sp³-hybridized carbons (Fsp3) is 0.160. The smallest absolute Gasteiger partial charge is 0.270 e. The number of ether oxygens (including phenoxy) is 1. The monoisotopic (exact) mass is 479 g/mol. The lowest BCUT2D eigenvalue weighted by atomic mass is 10.1. The number of carbonyl (C=O) groups is 2. The zero-order valence-electron chi connectivity index (χ0n) is 18.4. The van der Waals surface area contributed by atoms with Crippen LogP contribution in [0.1, 0.15) is 23.9 Å². The van der Waals surface area contributed by atoms with Gasteiger partial charge in [-0.05, 0) is 87.1 Å². The van der Waals surface area contributed by atoms with Crippen molar-refractivity contribution in [2.24, 2.45) is 0 Å². The van der Waals surface area contributed by atoms with Gasteiger partial charge in [0.05, 0.1) is 17.3 Å². The Labute approximate surface area is 202 Å². The third-order valence-electron chi connectivity index (χ3n) is 5.37. The summed E-state index contributed by atoms with van der Waals surface area (Å²) in [6.07, 6.45) is 1.59. The van der Waals surface area contributed by atoms with Crippen LogP contribution in [-0.2, 0) is 9.59 Å². The molecule has 1 aliphatic rings. The van der Waals surface area contributed by atoms with Crippen molar-refractivity contribution in [1.29, 1.82) is 0 Å². The minimum absolute atomic E-state index is 0.00453. The molecule has 2 heterocycles. The summed E-state index contributed by atoms with van der Waals surface area (Å²) in [6, 6.07) is 16.6. The molecule has 1 N–H and O–H groups in total. The van der Waals surface area contributed by atoms with Crippen LogP contribution < -0.4 is 15.0 Å². The maximum atomic E-state index is 13.3. The predicted octanol–water partition coefficient (Wildman–Crippen LogP) is 4.98. The van der Waals surface area contributed by atoms with Gasteiger partial charge in [0.25, 0.3) is 11.8 Å². The van der Waals surface area contributed by atoms with E-state index in [0.717, 1.165) is 28.4 Å². The molecule has 2 aromatic carbocycles. The van der Waals surface area contributed by atoms with E-state index in [9.17, 15) is 9.59 Å². The average molecular weight is 480 g/mol. The van der Waals surface area contributed by atoms with Crippen molar-refractivity contribution in [3.05, 3.63) is 82.1 Å². The third-order valence-corrected chi connectivity index (χ3v) is 5.98. The van der Waals surface area contributed by atoms with E-state index in [1.165, 1.54) is 4.90 Å². The zero-order chi connectivity index (χ0) is 23.7. The van der Waals surface area contributed by atoms with E-state index in [-0.39, 0.29) is 10.7 Å². The molecule has 1 aliphatic heterocycles. The number of nitrogens with zero attached hydrogens (tertiary/aromatic N) is 2. The summed E-state index contributed by atoms with van der Waals surface area (Å²) in [6.45, 7) is 6.45. The first-order valence-electron chi connectivity index (χ1n) is 10.4. The Kier molecular flexibility index (Phi) is 6.35. The second-order valence-electron chi connectivity index (χ2n) is 7.50. The number of hydrogen-bond acceptors (Lipinski definition) is 4. The minimum Gasteiger partial charge on any atom is -0.494 e. The second kappa shape index (κ2) is 9.21. The molecule has 3 aromatic rings. The number of aryl methyl sites for hydroxylation is 1. The van der Waals surface area contributed by atoms with Crippen molar-refractivity contribution >= 4 is 52.5 Å². The Bertz CT molecular complexity index is 1290. The number of benzene rings is 2. The topological polar surface area (TPSA) is 63.6 Å². The number of nitrogens with one attached hydrogen (secondary N) is 1. The number of thiocarbonyl (C=S) groups is 1. The number of anilines is 1. The van der Waals surface area contributed by atoms with E-state index >= 15 is 0 Å². The summed E-state index contributed by atoms with van der Waals surface area (Å²) in [7, 11) is 0. The molecule has 2 amide bonds. The zero-order valence-corrected chi connectivity index (χ0v) is 20.0. The molecule has 0 radical (unpaired) electrons. The van der Waals surface area contributed by atoms with Gasteiger partial charge in [0, 0.05) is 17.1 Å². The summed E-state index contributed by atoms with van der Waals surface area (Å²) >= 11 is 11.5. The van der Waals surface area contributed by atoms with Crippen LogP contribution in [0.2, 0.25) is 5.02 Å². The summed E-state index contributed by atoms with van der Waals surface area (Å²) in [5.41, 5.74) is 3.96. The van der Waals surface area contributed by atoms with Gasteiger partial charge in [-0.1, -0.05) is 23.7 Å². The fourth-order valence-electron chi connectivity index (χ4n) is 3.85. The van der Waals surface area contributed by atoms with E-state index in [1.807, 2.05) is 51.1 Å². The van der Waals surface area contributed by atoms with Crippen LogP contribution in [0.25, 0.3) is 11.8 Å². The van der Waals surface area contributed by atoms with Crippen LogP contribution in [0, 0.1) is 13.8 Å². The Hall–Kier alpha value is -3.42. The minimum atomic E-state index is -0.542. The Morgan fingerprint density at radius 1 is 1.09 bits per heavy atom. The molecule has 0 spiro atoms. The lowest BCUT2D eigenvalue weighted by Gasteiger charge is -2.29. The molecule has 4 rings (SSSR count). The van der Waals surface area contributed by atoms with Crippen LogP contribution in [0.5, 0.6) is 5.75 Å². The molecule has 33 heavy (non-hydrogen) atoms. The average Bonchev–Trinajstić information content (AvgIpc) is 3.06. The van der Waals surface area contributed by atoms with Gasteiger partial charge in [0.1, 0.15) is 11.3 Å². The molecule has 0 unspecified atom stereocenters. The molecule has 1 fully saturated rings. The highest BCUT2D eigenvalue weighted by molar-refractivity contribution is 7.80. The molecular weight excluding hydrogens is 458 g/mol. The lowest BCUT2D eigenvalue weighted by molar-refractivity contribution is -0.122. The molecule has 0 saturated carbocycles. The van der Waals surface area contributed by atoms with E-state index in [0.29, 0.717) is 17.3 Å². The first kappa shape index (κ1) is 22.8. The van der Waals surface area contributed by atoms with Crippen LogP contribution >= 0.6 is 23.8 Å². The van der Waals surface area contributed by atoms with Crippen molar-refractivity contribution in [3.63, 3.8) is 0 Å². The standard InChI is InChI=1S/C25H22ClN3O3S/c1-4-32-19-11-9-18(10-12-19)28-15(2)13-17(16(28)3)14-20-23(30)27-25(33)29(24(20)31)22-8-6-5-7-21(22)26/h5-14H,4H2,1-3H3,(H,27,30,33)/b20-14+. The van der Waals surface area contributed by atoms with Crippen molar-refractivity contribution in [2.45, 2.75) is 20.8 Å². The highest BCUT2D eigenvalue weighted by Crippen LogP contribution is 2.30. The van der Waals surface area contributed by atoms with Gasteiger partial charge in [-0.3, -0.25) is 19.8 Å². The van der Waals surface area contributed by atoms with Crippen molar-refractivity contribution < 1.29 is 14.3 Å². The van der Waals surface area contributed by atoms with Gasteiger partial charge in [0.2, 0.25) is 0 Å². The Morgan fingerprint density at radius 3 is 2.45 bits per heavy atom. The fourth-order valence-corrected chi connectivity index (χ4v) is 4.35. The molecule has 0 bridgehead atoms. The van der Waals surface area contributed by atoms with Gasteiger partial charge in [-0.15, -0.1) is 0 Å². The van der Waals surface area contributed by atoms with Crippen molar-refractivity contribution in [1.82, 2.24) is 9.88 Å². The number of hydrogen-bond donors (Lipinski definition) is 1. The van der Waals surface area contributed by atoms with Crippen molar-refractivity contribution in [3.8, 4) is 11.4 Å². The van der Waals surface area contributed by atoms with E-state index in [2.05, 4.69) is 9.88 Å². The second-order valence-corrected chi connectivity index (χ2v) is 8.29. The first-order valence-corrected chi connectivity index (χ1v) is 11.2. The first-order chi connectivity index (χ1) is 15.8. The van der Waals surface area contributed by atoms with Crippen LogP contribution in [0.15, 0.2) is 60.2 Å². The predicted molar refractivity (Wildman–Crippen MR) is 134 cm³/mol. The van der Waals surface area contributed by atoms with Crippen LogP contribution in [0.4, 0.5) is 5.69 Å². The number of para-hydroxylation sites is 1. The number of rotatable bonds is 5. The summed E-state index contributed by atoms with van der Waals surface area (Å²) < 4.78 is 7.58. The van der Waals surface area contributed by atoms with E-state index in [4.69, 9.17) is 28.6 Å². The quantitative estimate of drug-likeness (QED) is 0.318. The summed E-state index contributed by atoms with van der Waals surface area (Å²) in [4.78, 5) is 27.2. The number of aromatic nitrogens is 1. The van der Waals surface area contributed by atoms with Gasteiger partial charge in [-0.2, -0.15) is 0 Å². The molecule has 0 aliphatic carbocycles. The number of halogens is 1. The van der Waals surface area contributed by atoms with Crippen LogP contribution in [-0.4, -0.2) is 28.1 Å². The number of carbonyl (C=O) groups excluding carboxylic acids is 2. The highest BCUT2D eigenvalue weighted by Gasteiger charge is 2.35. The summed E-state index contributed by atoms with van der Waals surface area (Å²) in [5.74, 6) is -0.270. The maximum Gasteiger partial charge on any atom is 0.270 e. The van der Waals surface area contributed by atoms with Crippen LogP contribution in [0.3, 0.4) is 0 Å². The Balaban J connectivity index is 1.73. The third kappa shape index (κ3) is 4.29. The Morgan fingerprint density at radius 2 is 1.79 bits per heavy atom. The van der Waals surface area contributed by atoms with Gasteiger partial charge in [0.15, 0.2) is 5.11 Å². The lowest BCUT2D eigenvalue weighted by Crippen LogP contribution is -2.54. The largest absolute Gasteiger partial charge is 0.494 e. The molecule has 8 heteroatoms. The summed E-state index contributed by atoms with van der Waals surface area (Å²) in [5, 5.41) is 2.95. The van der Waals surface area contributed by atoms with Crippen molar-refractivity contribution in [2.75, 3.05) is 11.5 Å². The molecule has 1 saturated heterocycles. The molecule has 1 aromatic heterocycles. The number of amides is 2. The highest BCUT2D eigenvalue weighted by atomic mass is 35.5. The molecule has 6 nitrogen and oxygen atoms in total.